The molecule has 3 rings (SSSR count). The number of hydrogen-bond donors (Lipinski definition) is 1. The van der Waals surface area contributed by atoms with Gasteiger partial charge in [-0.1, -0.05) is 0 Å². The lowest BCUT2D eigenvalue weighted by atomic mass is 10.0. The van der Waals surface area contributed by atoms with Gasteiger partial charge in [-0.2, -0.15) is 0 Å². The molecule has 0 spiro atoms. The molecule has 2 heterocycles. The lowest BCUT2D eigenvalue weighted by Gasteiger charge is -2.32. The summed E-state index contributed by atoms with van der Waals surface area (Å²) in [7, 11) is -1.73. The molecule has 10 heteroatoms. The van der Waals surface area contributed by atoms with E-state index in [1.165, 1.54) is 17.0 Å². The van der Waals surface area contributed by atoms with Crippen molar-refractivity contribution in [2.45, 2.75) is 25.3 Å². The SMILES string of the molecule is COCCCN1C(=O)c2ccc(C(=O)N3CCC(NS(C)(=O)=O)CC3)cc2C1=O. The van der Waals surface area contributed by atoms with Gasteiger partial charge in [0.05, 0.1) is 17.4 Å². The predicted molar refractivity (Wildman–Crippen MR) is 105 cm³/mol. The third-order valence-electron chi connectivity index (χ3n) is 5.11. The van der Waals surface area contributed by atoms with Crippen LogP contribution >= 0.6 is 0 Å². The molecule has 0 unspecified atom stereocenters. The van der Waals surface area contributed by atoms with E-state index in [0.29, 0.717) is 50.1 Å². The smallest absolute Gasteiger partial charge is 0.261 e. The fourth-order valence-corrected chi connectivity index (χ4v) is 4.52. The topological polar surface area (TPSA) is 113 Å². The summed E-state index contributed by atoms with van der Waals surface area (Å²) in [5.74, 6) is -0.983. The highest BCUT2D eigenvalue weighted by Crippen LogP contribution is 2.25. The molecule has 0 bridgehead atoms. The van der Waals surface area contributed by atoms with Crippen LogP contribution in [0.2, 0.25) is 0 Å². The third kappa shape index (κ3) is 4.82. The fraction of sp³-hybridized carbons (Fsp3) is 0.526. The van der Waals surface area contributed by atoms with E-state index in [0.717, 1.165) is 6.26 Å². The van der Waals surface area contributed by atoms with Crippen LogP contribution in [-0.2, 0) is 14.8 Å². The Kier molecular flexibility index (Phi) is 6.35. The highest BCUT2D eigenvalue weighted by Gasteiger charge is 2.36. The zero-order valence-electron chi connectivity index (χ0n) is 16.5. The molecule has 0 saturated carbocycles. The Bertz CT molecular complexity index is 922. The van der Waals surface area contributed by atoms with Crippen LogP contribution in [0.3, 0.4) is 0 Å². The Hall–Kier alpha value is -2.30. The van der Waals surface area contributed by atoms with Crippen molar-refractivity contribution in [3.63, 3.8) is 0 Å². The molecule has 9 nitrogen and oxygen atoms in total. The van der Waals surface area contributed by atoms with Gasteiger partial charge in [-0.3, -0.25) is 19.3 Å². The van der Waals surface area contributed by atoms with Gasteiger partial charge in [0, 0.05) is 45.0 Å². The molecular weight excluding hydrogens is 398 g/mol. The summed E-state index contributed by atoms with van der Waals surface area (Å²) in [6, 6.07) is 4.38. The Morgan fingerprint density at radius 3 is 2.45 bits per heavy atom. The van der Waals surface area contributed by atoms with Crippen LogP contribution in [0.15, 0.2) is 18.2 Å². The number of ether oxygens (including phenoxy) is 1. The van der Waals surface area contributed by atoms with Crippen molar-refractivity contribution in [2.75, 3.05) is 39.6 Å². The lowest BCUT2D eigenvalue weighted by molar-refractivity contribution is 0.0638. The minimum absolute atomic E-state index is 0.186. The number of imide groups is 1. The number of likely N-dealkylation sites (tertiary alicyclic amines) is 1. The first-order chi connectivity index (χ1) is 13.7. The second-order valence-electron chi connectivity index (χ2n) is 7.33. The van der Waals surface area contributed by atoms with E-state index in [-0.39, 0.29) is 30.0 Å². The molecule has 0 aliphatic carbocycles. The minimum Gasteiger partial charge on any atom is -0.385 e. The average Bonchev–Trinajstić information content (AvgIpc) is 2.91. The molecular formula is C19H25N3O6S. The van der Waals surface area contributed by atoms with Crippen LogP contribution in [0.1, 0.15) is 50.3 Å². The van der Waals surface area contributed by atoms with E-state index in [2.05, 4.69) is 4.72 Å². The predicted octanol–water partition coefficient (Wildman–Crippen LogP) is 0.473. The van der Waals surface area contributed by atoms with Crippen LogP contribution in [0.4, 0.5) is 0 Å². The largest absolute Gasteiger partial charge is 0.385 e. The van der Waals surface area contributed by atoms with Crippen LogP contribution in [0.5, 0.6) is 0 Å². The van der Waals surface area contributed by atoms with Crippen molar-refractivity contribution in [3.8, 4) is 0 Å². The number of piperidine rings is 1. The maximum atomic E-state index is 12.8. The second-order valence-corrected chi connectivity index (χ2v) is 9.11. The Morgan fingerprint density at radius 2 is 1.83 bits per heavy atom. The molecule has 1 saturated heterocycles. The van der Waals surface area contributed by atoms with Crippen LogP contribution in [-0.4, -0.2) is 81.6 Å². The Labute approximate surface area is 170 Å². The first-order valence-corrected chi connectivity index (χ1v) is 11.4. The van der Waals surface area contributed by atoms with E-state index in [1.54, 1.807) is 18.1 Å². The summed E-state index contributed by atoms with van der Waals surface area (Å²) in [5, 5.41) is 0. The Morgan fingerprint density at radius 1 is 1.17 bits per heavy atom. The third-order valence-corrected chi connectivity index (χ3v) is 5.87. The van der Waals surface area contributed by atoms with Crippen molar-refractivity contribution in [2.24, 2.45) is 0 Å². The molecule has 2 aliphatic heterocycles. The number of hydrogen-bond acceptors (Lipinski definition) is 6. The van der Waals surface area contributed by atoms with Crippen molar-refractivity contribution in [1.29, 1.82) is 0 Å². The monoisotopic (exact) mass is 423 g/mol. The second kappa shape index (κ2) is 8.60. The standard InChI is InChI=1S/C19H25N3O6S/c1-28-11-3-8-22-18(24)15-5-4-13(12-16(15)19(22)25)17(23)21-9-6-14(7-10-21)20-29(2,26)27/h4-5,12,14,20H,3,6-11H2,1-2H3. The summed E-state index contributed by atoms with van der Waals surface area (Å²) in [6.45, 7) is 1.55. The summed E-state index contributed by atoms with van der Waals surface area (Å²) in [6.07, 6.45) is 2.71. The summed E-state index contributed by atoms with van der Waals surface area (Å²) < 4.78 is 30.2. The molecule has 0 radical (unpaired) electrons. The number of carbonyl (C=O) groups excluding carboxylic acids is 3. The molecule has 1 fully saturated rings. The van der Waals surface area contributed by atoms with Gasteiger partial charge >= 0.3 is 0 Å². The van der Waals surface area contributed by atoms with Crippen molar-refractivity contribution in [3.05, 3.63) is 34.9 Å². The molecule has 1 N–H and O–H groups in total. The fourth-order valence-electron chi connectivity index (χ4n) is 3.68. The number of rotatable bonds is 7. The number of sulfonamides is 1. The maximum absolute atomic E-state index is 12.8. The van der Waals surface area contributed by atoms with Gasteiger partial charge in [-0.05, 0) is 37.5 Å². The van der Waals surface area contributed by atoms with Gasteiger partial charge in [0.15, 0.2) is 0 Å². The number of nitrogens with one attached hydrogen (secondary N) is 1. The van der Waals surface area contributed by atoms with E-state index in [1.807, 2.05) is 0 Å². The highest BCUT2D eigenvalue weighted by molar-refractivity contribution is 7.88. The van der Waals surface area contributed by atoms with Crippen molar-refractivity contribution in [1.82, 2.24) is 14.5 Å². The van der Waals surface area contributed by atoms with Gasteiger partial charge in [-0.25, -0.2) is 13.1 Å². The first-order valence-electron chi connectivity index (χ1n) is 9.47. The van der Waals surface area contributed by atoms with Gasteiger partial charge in [0.1, 0.15) is 0 Å². The zero-order valence-corrected chi connectivity index (χ0v) is 17.3. The van der Waals surface area contributed by atoms with Crippen LogP contribution < -0.4 is 4.72 Å². The highest BCUT2D eigenvalue weighted by atomic mass is 32.2. The molecule has 1 aromatic carbocycles. The number of carbonyl (C=O) groups is 3. The van der Waals surface area contributed by atoms with Crippen LogP contribution in [0.25, 0.3) is 0 Å². The van der Waals surface area contributed by atoms with Gasteiger partial charge < -0.3 is 9.64 Å². The van der Waals surface area contributed by atoms with Crippen molar-refractivity contribution >= 4 is 27.7 Å². The summed E-state index contributed by atoms with van der Waals surface area (Å²) in [4.78, 5) is 40.7. The van der Waals surface area contributed by atoms with Gasteiger partial charge in [0.25, 0.3) is 17.7 Å². The molecule has 1 aromatic rings. The molecule has 158 valence electrons. The first kappa shape index (κ1) is 21.4. The minimum atomic E-state index is -3.28. The van der Waals surface area contributed by atoms with Gasteiger partial charge in [0.2, 0.25) is 10.0 Å². The van der Waals surface area contributed by atoms with E-state index >= 15 is 0 Å². The number of fused-ring (bicyclic) bond motifs is 1. The van der Waals surface area contributed by atoms with Crippen molar-refractivity contribution < 1.29 is 27.5 Å². The molecule has 3 amide bonds. The molecule has 0 atom stereocenters. The molecule has 0 aromatic heterocycles. The molecule has 2 aliphatic rings. The summed E-state index contributed by atoms with van der Waals surface area (Å²) >= 11 is 0. The zero-order chi connectivity index (χ0) is 21.2. The van der Waals surface area contributed by atoms with Crippen LogP contribution in [0, 0.1) is 0 Å². The number of amides is 3. The maximum Gasteiger partial charge on any atom is 0.261 e. The molecule has 29 heavy (non-hydrogen) atoms. The van der Waals surface area contributed by atoms with E-state index in [4.69, 9.17) is 4.74 Å². The Balaban J connectivity index is 1.67. The van der Waals surface area contributed by atoms with Gasteiger partial charge in [-0.15, -0.1) is 0 Å². The lowest BCUT2D eigenvalue weighted by Crippen LogP contribution is -2.46. The summed E-state index contributed by atoms with van der Waals surface area (Å²) in [5.41, 5.74) is 0.894. The number of nitrogens with zero attached hydrogens (tertiary/aromatic N) is 2. The number of methoxy groups -OCH3 is 1. The normalized spacial score (nSPS) is 17.7. The quantitative estimate of drug-likeness (QED) is 0.504. The van der Waals surface area contributed by atoms with E-state index < -0.39 is 15.9 Å². The van der Waals surface area contributed by atoms with E-state index in [9.17, 15) is 22.8 Å². The average molecular weight is 423 g/mol. The number of benzene rings is 1.